The van der Waals surface area contributed by atoms with Crippen LogP contribution < -0.4 is 16.4 Å². The van der Waals surface area contributed by atoms with Gasteiger partial charge < -0.3 is 21.5 Å². The molecule has 0 fully saturated rings. The molecule has 2 rings (SSSR count). The van der Waals surface area contributed by atoms with E-state index in [0.717, 1.165) is 23.4 Å². The highest BCUT2D eigenvalue weighted by molar-refractivity contribution is 5.95. The summed E-state index contributed by atoms with van der Waals surface area (Å²) in [6.45, 7) is 4.11. The van der Waals surface area contributed by atoms with Crippen LogP contribution in [0.1, 0.15) is 25.8 Å². The lowest BCUT2D eigenvalue weighted by Crippen LogP contribution is -2.30. The van der Waals surface area contributed by atoms with Gasteiger partial charge in [-0.15, -0.1) is 0 Å². The Balaban J connectivity index is 2.26. The van der Waals surface area contributed by atoms with Crippen molar-refractivity contribution in [3.05, 3.63) is 17.7 Å². The molecule has 1 amide bonds. The first-order chi connectivity index (χ1) is 9.01. The first kappa shape index (κ1) is 13.7. The van der Waals surface area contributed by atoms with Crippen molar-refractivity contribution >= 4 is 23.0 Å². The summed E-state index contributed by atoms with van der Waals surface area (Å²) in [7, 11) is 0. The Morgan fingerprint density at radius 3 is 2.79 bits per heavy atom. The molecular formula is C14H21N3O2. The summed E-state index contributed by atoms with van der Waals surface area (Å²) in [5.41, 5.74) is 9.31. The number of carbonyl (C=O) groups is 1. The van der Waals surface area contributed by atoms with E-state index in [2.05, 4.69) is 10.6 Å². The molecule has 0 saturated carbocycles. The van der Waals surface area contributed by atoms with E-state index in [0.29, 0.717) is 12.1 Å². The van der Waals surface area contributed by atoms with Gasteiger partial charge in [0.15, 0.2) is 0 Å². The number of nitrogens with one attached hydrogen (secondary N) is 2. The highest BCUT2D eigenvalue weighted by atomic mass is 16.3. The van der Waals surface area contributed by atoms with Crippen LogP contribution in [-0.2, 0) is 11.2 Å². The number of rotatable bonds is 4. The summed E-state index contributed by atoms with van der Waals surface area (Å²) < 4.78 is 0. The van der Waals surface area contributed by atoms with Crippen molar-refractivity contribution in [1.82, 2.24) is 0 Å². The monoisotopic (exact) mass is 263 g/mol. The third-order valence-corrected chi connectivity index (χ3v) is 3.51. The maximum absolute atomic E-state index is 11.4. The summed E-state index contributed by atoms with van der Waals surface area (Å²) >= 11 is 0. The van der Waals surface area contributed by atoms with Crippen LogP contribution in [0.25, 0.3) is 0 Å². The van der Waals surface area contributed by atoms with E-state index in [9.17, 15) is 9.90 Å². The van der Waals surface area contributed by atoms with E-state index < -0.39 is 0 Å². The van der Waals surface area contributed by atoms with Crippen molar-refractivity contribution in [2.45, 2.75) is 32.7 Å². The minimum atomic E-state index is -0.0559. The van der Waals surface area contributed by atoms with Crippen LogP contribution in [0, 0.1) is 5.92 Å². The highest BCUT2D eigenvalue weighted by Crippen LogP contribution is 2.31. The maximum atomic E-state index is 11.4. The van der Waals surface area contributed by atoms with Crippen LogP contribution in [-0.4, -0.2) is 23.7 Å². The molecule has 1 aromatic rings. The van der Waals surface area contributed by atoms with Crippen LogP contribution in [0.5, 0.6) is 0 Å². The molecule has 104 valence electrons. The zero-order chi connectivity index (χ0) is 14.0. The standard InChI is InChI=1S/C14H21N3O2/c1-8(2)13(7-18)16-12-6-11-9(5-10(12)15)3-4-14(19)17-11/h5-6,8,13,16,18H,3-4,7,15H2,1-2H3,(H,17,19). The van der Waals surface area contributed by atoms with Crippen LogP contribution >= 0.6 is 0 Å². The van der Waals surface area contributed by atoms with Gasteiger partial charge in [0.1, 0.15) is 0 Å². The number of aryl methyl sites for hydroxylation is 1. The van der Waals surface area contributed by atoms with Gasteiger partial charge in [-0.2, -0.15) is 0 Å². The fourth-order valence-corrected chi connectivity index (χ4v) is 2.20. The van der Waals surface area contributed by atoms with Gasteiger partial charge in [-0.1, -0.05) is 13.8 Å². The number of fused-ring (bicyclic) bond motifs is 1. The summed E-state index contributed by atoms with van der Waals surface area (Å²) in [5, 5.41) is 15.4. The average molecular weight is 263 g/mol. The molecule has 5 nitrogen and oxygen atoms in total. The second-order valence-electron chi connectivity index (χ2n) is 5.32. The molecule has 5 N–H and O–H groups in total. The molecule has 0 spiro atoms. The Labute approximate surface area is 113 Å². The van der Waals surface area contributed by atoms with E-state index in [1.807, 2.05) is 26.0 Å². The van der Waals surface area contributed by atoms with Crippen LogP contribution in [0.2, 0.25) is 0 Å². The number of carbonyl (C=O) groups excluding carboxylic acids is 1. The molecule has 1 atom stereocenters. The predicted molar refractivity (Wildman–Crippen MR) is 77.1 cm³/mol. The second-order valence-corrected chi connectivity index (χ2v) is 5.32. The Morgan fingerprint density at radius 2 is 2.16 bits per heavy atom. The zero-order valence-electron chi connectivity index (χ0n) is 11.4. The summed E-state index contributed by atoms with van der Waals surface area (Å²) in [6.07, 6.45) is 1.23. The smallest absolute Gasteiger partial charge is 0.224 e. The lowest BCUT2D eigenvalue weighted by atomic mass is 10.00. The number of nitrogens with two attached hydrogens (primary N) is 1. The Hall–Kier alpha value is -1.75. The molecular weight excluding hydrogens is 242 g/mol. The molecule has 1 aliphatic heterocycles. The molecule has 0 radical (unpaired) electrons. The lowest BCUT2D eigenvalue weighted by molar-refractivity contribution is -0.116. The van der Waals surface area contributed by atoms with Gasteiger partial charge in [0, 0.05) is 12.1 Å². The Bertz CT molecular complexity index is 486. The van der Waals surface area contributed by atoms with Crippen molar-refractivity contribution in [1.29, 1.82) is 0 Å². The number of hydrogen-bond acceptors (Lipinski definition) is 4. The van der Waals surface area contributed by atoms with Gasteiger partial charge in [-0.3, -0.25) is 4.79 Å². The quantitative estimate of drug-likeness (QED) is 0.621. The largest absolute Gasteiger partial charge is 0.397 e. The number of amides is 1. The highest BCUT2D eigenvalue weighted by Gasteiger charge is 2.18. The minimum Gasteiger partial charge on any atom is -0.397 e. The van der Waals surface area contributed by atoms with Crippen molar-refractivity contribution in [3.63, 3.8) is 0 Å². The van der Waals surface area contributed by atoms with Gasteiger partial charge in [-0.25, -0.2) is 0 Å². The topological polar surface area (TPSA) is 87.4 Å². The molecule has 0 aliphatic carbocycles. The fourth-order valence-electron chi connectivity index (χ4n) is 2.20. The molecule has 1 unspecified atom stereocenters. The van der Waals surface area contributed by atoms with Gasteiger partial charge in [0.2, 0.25) is 5.91 Å². The predicted octanol–water partition coefficient (Wildman–Crippen LogP) is 1.58. The number of hydrogen-bond donors (Lipinski definition) is 4. The average Bonchev–Trinajstić information content (AvgIpc) is 2.36. The number of aliphatic hydroxyl groups is 1. The van der Waals surface area contributed by atoms with Gasteiger partial charge in [0.05, 0.1) is 24.0 Å². The zero-order valence-corrected chi connectivity index (χ0v) is 11.4. The molecule has 0 saturated heterocycles. The first-order valence-electron chi connectivity index (χ1n) is 6.61. The lowest BCUT2D eigenvalue weighted by Gasteiger charge is -2.24. The van der Waals surface area contributed by atoms with Crippen LogP contribution in [0.3, 0.4) is 0 Å². The molecule has 1 aliphatic rings. The number of aliphatic hydroxyl groups excluding tert-OH is 1. The van der Waals surface area contributed by atoms with Crippen molar-refractivity contribution in [2.24, 2.45) is 5.92 Å². The maximum Gasteiger partial charge on any atom is 0.224 e. The van der Waals surface area contributed by atoms with Gasteiger partial charge in [-0.05, 0) is 30.0 Å². The molecule has 0 bridgehead atoms. The van der Waals surface area contributed by atoms with Crippen LogP contribution in [0.4, 0.5) is 17.1 Å². The molecule has 19 heavy (non-hydrogen) atoms. The third kappa shape index (κ3) is 2.98. The number of anilines is 3. The van der Waals surface area contributed by atoms with E-state index >= 15 is 0 Å². The summed E-state index contributed by atoms with van der Waals surface area (Å²) in [4.78, 5) is 11.4. The second kappa shape index (κ2) is 5.48. The molecule has 1 aromatic carbocycles. The van der Waals surface area contributed by atoms with Gasteiger partial charge >= 0.3 is 0 Å². The minimum absolute atomic E-state index is 0.0331. The molecule has 1 heterocycles. The van der Waals surface area contributed by atoms with E-state index in [-0.39, 0.29) is 24.5 Å². The van der Waals surface area contributed by atoms with E-state index in [1.165, 1.54) is 0 Å². The fraction of sp³-hybridized carbons (Fsp3) is 0.500. The van der Waals surface area contributed by atoms with Crippen molar-refractivity contribution < 1.29 is 9.90 Å². The van der Waals surface area contributed by atoms with E-state index in [4.69, 9.17) is 5.73 Å². The molecule has 5 heteroatoms. The van der Waals surface area contributed by atoms with E-state index in [1.54, 1.807) is 0 Å². The van der Waals surface area contributed by atoms with Gasteiger partial charge in [0.25, 0.3) is 0 Å². The Morgan fingerprint density at radius 1 is 1.42 bits per heavy atom. The summed E-state index contributed by atoms with van der Waals surface area (Å²) in [6, 6.07) is 3.69. The van der Waals surface area contributed by atoms with Crippen LogP contribution in [0.15, 0.2) is 12.1 Å². The number of benzene rings is 1. The third-order valence-electron chi connectivity index (χ3n) is 3.51. The van der Waals surface area contributed by atoms with Crippen molar-refractivity contribution in [2.75, 3.05) is 23.0 Å². The number of nitrogen functional groups attached to an aromatic ring is 1. The van der Waals surface area contributed by atoms with Crippen molar-refractivity contribution in [3.8, 4) is 0 Å². The normalized spacial score (nSPS) is 15.9. The SMILES string of the molecule is CC(C)C(CO)Nc1cc2c(cc1N)CCC(=O)N2. The molecule has 0 aromatic heterocycles. The Kier molecular flexibility index (Phi) is 3.95. The first-order valence-corrected chi connectivity index (χ1v) is 6.61. The summed E-state index contributed by atoms with van der Waals surface area (Å²) in [5.74, 6) is 0.320.